The van der Waals surface area contributed by atoms with Crippen LogP contribution in [0.3, 0.4) is 0 Å². The third-order valence-corrected chi connectivity index (χ3v) is 3.99. The normalized spacial score (nSPS) is 10.6. The molecule has 0 atom stereocenters. The molecule has 0 aliphatic carbocycles. The van der Waals surface area contributed by atoms with Crippen molar-refractivity contribution in [3.8, 4) is 5.75 Å². The van der Waals surface area contributed by atoms with Gasteiger partial charge in [0.1, 0.15) is 5.75 Å². The number of hydrogen-bond donors (Lipinski definition) is 2. The number of ether oxygens (including phenoxy) is 1. The van der Waals surface area contributed by atoms with Gasteiger partial charge in [-0.3, -0.25) is 4.79 Å². The van der Waals surface area contributed by atoms with E-state index in [4.69, 9.17) is 9.84 Å². The highest BCUT2D eigenvalue weighted by atomic mass is 16.5. The zero-order valence-corrected chi connectivity index (χ0v) is 14.6. The van der Waals surface area contributed by atoms with Crippen LogP contribution in [0.4, 0.5) is 0 Å². The van der Waals surface area contributed by atoms with Crippen molar-refractivity contribution in [2.75, 3.05) is 13.2 Å². The molecule has 0 radical (unpaired) electrons. The second-order valence-electron chi connectivity index (χ2n) is 6.11. The molecule has 4 nitrogen and oxygen atoms in total. The maximum Gasteiger partial charge on any atom is 0.304 e. The summed E-state index contributed by atoms with van der Waals surface area (Å²) in [5.41, 5.74) is 2.52. The van der Waals surface area contributed by atoms with Gasteiger partial charge >= 0.3 is 5.97 Å². The highest BCUT2D eigenvalue weighted by Gasteiger charge is 1.99. The average Bonchev–Trinajstić information content (AvgIpc) is 2.63. The number of hydrogen-bond acceptors (Lipinski definition) is 3. The Bertz CT molecular complexity index is 611. The van der Waals surface area contributed by atoms with Gasteiger partial charge in [-0.15, -0.1) is 0 Å². The molecule has 0 aliphatic heterocycles. The summed E-state index contributed by atoms with van der Waals surface area (Å²) in [6.45, 7) is 1.90. The predicted octanol–water partition coefficient (Wildman–Crippen LogP) is 4.04. The van der Waals surface area contributed by atoms with Crippen LogP contribution in [0.1, 0.15) is 36.8 Å². The summed E-state index contributed by atoms with van der Waals surface area (Å²) in [5, 5.41) is 11.7. The fourth-order valence-electron chi connectivity index (χ4n) is 2.57. The molecule has 4 heteroatoms. The maximum atomic E-state index is 10.4. The van der Waals surface area contributed by atoms with E-state index in [1.54, 1.807) is 0 Å². The van der Waals surface area contributed by atoms with Gasteiger partial charge in [-0.25, -0.2) is 0 Å². The Balaban J connectivity index is 1.54. The van der Waals surface area contributed by atoms with Crippen molar-refractivity contribution < 1.29 is 14.6 Å². The third-order valence-electron chi connectivity index (χ3n) is 3.99. The minimum atomic E-state index is -0.778. The molecule has 2 aromatic carbocycles. The summed E-state index contributed by atoms with van der Waals surface area (Å²) in [4.78, 5) is 10.4. The lowest BCUT2D eigenvalue weighted by atomic mass is 10.1. The Hall–Kier alpha value is -2.33. The zero-order chi connectivity index (χ0) is 17.7. The monoisotopic (exact) mass is 341 g/mol. The largest absolute Gasteiger partial charge is 0.494 e. The molecule has 0 amide bonds. The predicted molar refractivity (Wildman–Crippen MR) is 99.9 cm³/mol. The summed E-state index contributed by atoms with van der Waals surface area (Å²) in [6.07, 6.45) is 4.69. The summed E-state index contributed by atoms with van der Waals surface area (Å²) < 4.78 is 5.77. The van der Waals surface area contributed by atoms with Crippen molar-refractivity contribution >= 4 is 5.97 Å². The van der Waals surface area contributed by atoms with Crippen LogP contribution in [0.25, 0.3) is 0 Å². The molecule has 0 saturated heterocycles. The average molecular weight is 341 g/mol. The van der Waals surface area contributed by atoms with Gasteiger partial charge in [0, 0.05) is 13.1 Å². The van der Waals surface area contributed by atoms with Crippen LogP contribution >= 0.6 is 0 Å². The first-order valence-electron chi connectivity index (χ1n) is 8.92. The lowest BCUT2D eigenvalue weighted by Crippen LogP contribution is -2.17. The highest BCUT2D eigenvalue weighted by molar-refractivity contribution is 5.66. The van der Waals surface area contributed by atoms with Crippen molar-refractivity contribution in [3.05, 3.63) is 65.7 Å². The number of carboxylic acids is 1. The number of carbonyl (C=O) groups is 1. The van der Waals surface area contributed by atoms with Gasteiger partial charge in [0.2, 0.25) is 0 Å². The smallest absolute Gasteiger partial charge is 0.304 e. The summed E-state index contributed by atoms with van der Waals surface area (Å²) in [5.74, 6) is 0.109. The second-order valence-corrected chi connectivity index (χ2v) is 6.11. The number of aliphatic carboxylic acids is 1. The van der Waals surface area contributed by atoms with Crippen molar-refractivity contribution in [2.45, 2.75) is 38.6 Å². The molecule has 0 aromatic heterocycles. The molecule has 0 bridgehead atoms. The van der Waals surface area contributed by atoms with Crippen LogP contribution in [0, 0.1) is 0 Å². The fourth-order valence-corrected chi connectivity index (χ4v) is 2.57. The Labute approximate surface area is 149 Å². The Morgan fingerprint density at radius 1 is 0.920 bits per heavy atom. The van der Waals surface area contributed by atoms with Gasteiger partial charge in [0.25, 0.3) is 0 Å². The van der Waals surface area contributed by atoms with Crippen LogP contribution in [0.2, 0.25) is 0 Å². The molecule has 0 fully saturated rings. The number of aryl methyl sites for hydroxylation is 1. The quantitative estimate of drug-likeness (QED) is 0.572. The topological polar surface area (TPSA) is 58.6 Å². The zero-order valence-electron chi connectivity index (χ0n) is 14.6. The Morgan fingerprint density at radius 2 is 1.68 bits per heavy atom. The van der Waals surface area contributed by atoms with Crippen LogP contribution in [0.15, 0.2) is 54.6 Å². The van der Waals surface area contributed by atoms with E-state index in [1.807, 2.05) is 24.3 Å². The molecule has 134 valence electrons. The first-order chi connectivity index (χ1) is 12.2. The first-order valence-corrected chi connectivity index (χ1v) is 8.92. The molecule has 2 N–H and O–H groups in total. The minimum Gasteiger partial charge on any atom is -0.494 e. The standard InChI is InChI=1S/C21H27NO3/c23-21(24)14-15-22-17-19-10-12-20(13-11-19)25-16-6-2-5-9-18-7-3-1-4-8-18/h1,3-4,7-8,10-13,22H,2,5-6,9,14-17H2,(H,23,24). The van der Waals surface area contributed by atoms with Gasteiger partial charge < -0.3 is 15.2 Å². The summed E-state index contributed by atoms with van der Waals surface area (Å²) in [6, 6.07) is 18.5. The summed E-state index contributed by atoms with van der Waals surface area (Å²) in [7, 11) is 0. The number of carboxylic acid groups (broad SMARTS) is 1. The molecule has 0 saturated carbocycles. The van der Waals surface area contributed by atoms with Crippen molar-refractivity contribution in [1.82, 2.24) is 5.32 Å². The number of unbranched alkanes of at least 4 members (excludes halogenated alkanes) is 2. The Kier molecular flexibility index (Phi) is 8.56. The van der Waals surface area contributed by atoms with Crippen molar-refractivity contribution in [2.24, 2.45) is 0 Å². The fraction of sp³-hybridized carbons (Fsp3) is 0.381. The van der Waals surface area contributed by atoms with Crippen LogP contribution in [0.5, 0.6) is 5.75 Å². The van der Waals surface area contributed by atoms with Crippen molar-refractivity contribution in [1.29, 1.82) is 0 Å². The lowest BCUT2D eigenvalue weighted by molar-refractivity contribution is -0.136. The van der Waals surface area contributed by atoms with Gasteiger partial charge in [0.05, 0.1) is 13.0 Å². The maximum absolute atomic E-state index is 10.4. The number of rotatable bonds is 12. The van der Waals surface area contributed by atoms with E-state index in [1.165, 1.54) is 18.4 Å². The molecule has 2 rings (SSSR count). The van der Waals surface area contributed by atoms with E-state index in [9.17, 15) is 4.79 Å². The lowest BCUT2D eigenvalue weighted by Gasteiger charge is -2.08. The minimum absolute atomic E-state index is 0.144. The van der Waals surface area contributed by atoms with Gasteiger partial charge in [-0.1, -0.05) is 42.5 Å². The number of nitrogens with one attached hydrogen (secondary N) is 1. The second kappa shape index (κ2) is 11.3. The molecular formula is C21H27NO3. The van der Waals surface area contributed by atoms with E-state index in [2.05, 4.69) is 35.6 Å². The molecule has 0 heterocycles. The highest BCUT2D eigenvalue weighted by Crippen LogP contribution is 2.13. The molecule has 25 heavy (non-hydrogen) atoms. The van der Waals surface area contributed by atoms with E-state index >= 15 is 0 Å². The SMILES string of the molecule is O=C(O)CCNCc1ccc(OCCCCCc2ccccc2)cc1. The van der Waals surface area contributed by atoms with Gasteiger partial charge in [-0.2, -0.15) is 0 Å². The number of benzene rings is 2. The van der Waals surface area contributed by atoms with Gasteiger partial charge in [0.15, 0.2) is 0 Å². The van der Waals surface area contributed by atoms with Crippen LogP contribution < -0.4 is 10.1 Å². The van der Waals surface area contributed by atoms with Crippen molar-refractivity contribution in [3.63, 3.8) is 0 Å². The van der Waals surface area contributed by atoms with E-state index in [0.29, 0.717) is 13.1 Å². The molecule has 0 spiro atoms. The molecule has 0 aliphatic rings. The summed E-state index contributed by atoms with van der Waals surface area (Å²) >= 11 is 0. The van der Waals surface area contributed by atoms with Crippen LogP contribution in [-0.4, -0.2) is 24.2 Å². The molecular weight excluding hydrogens is 314 g/mol. The Morgan fingerprint density at radius 3 is 2.40 bits per heavy atom. The third kappa shape index (κ3) is 8.36. The molecule has 2 aromatic rings. The van der Waals surface area contributed by atoms with Crippen LogP contribution in [-0.2, 0) is 17.8 Å². The molecule has 0 unspecified atom stereocenters. The first kappa shape index (κ1) is 19.0. The van der Waals surface area contributed by atoms with Gasteiger partial charge in [-0.05, 0) is 48.9 Å². The van der Waals surface area contributed by atoms with E-state index in [-0.39, 0.29) is 6.42 Å². The van der Waals surface area contributed by atoms with E-state index in [0.717, 1.165) is 30.8 Å². The van der Waals surface area contributed by atoms with E-state index < -0.39 is 5.97 Å².